The van der Waals surface area contributed by atoms with Gasteiger partial charge in [-0.05, 0) is 131 Å². The molecule has 38 heavy (non-hydrogen) atoms. The van der Waals surface area contributed by atoms with Crippen LogP contribution in [0, 0.1) is 34.0 Å². The van der Waals surface area contributed by atoms with Crippen molar-refractivity contribution < 1.29 is 14.6 Å². The van der Waals surface area contributed by atoms with Gasteiger partial charge < -0.3 is 9.84 Å². The zero-order valence-electron chi connectivity index (χ0n) is 24.7. The van der Waals surface area contributed by atoms with Crippen LogP contribution in [0.25, 0.3) is 0 Å². The smallest absolute Gasteiger partial charge is 0.342 e. The molecule has 0 saturated heterocycles. The molecule has 0 spiro atoms. The van der Waals surface area contributed by atoms with Crippen LogP contribution < -0.4 is 0 Å². The molecular weight excluding hydrogens is 468 g/mol. The lowest BCUT2D eigenvalue weighted by Crippen LogP contribution is -2.51. The van der Waals surface area contributed by atoms with E-state index in [9.17, 15) is 9.90 Å². The summed E-state index contributed by atoms with van der Waals surface area (Å²) in [6, 6.07) is 6.73. The summed E-state index contributed by atoms with van der Waals surface area (Å²) >= 11 is 0. The molecule has 4 aliphatic rings. The van der Waals surface area contributed by atoms with Gasteiger partial charge in [0.15, 0.2) is 0 Å². The zero-order chi connectivity index (χ0) is 27.3. The van der Waals surface area contributed by atoms with Crippen molar-refractivity contribution in [2.45, 2.75) is 118 Å². The number of hydrogen-bond acceptors (Lipinski definition) is 3. The molecule has 3 heteroatoms. The number of hydrogen-bond donors (Lipinski definition) is 1. The van der Waals surface area contributed by atoms with Gasteiger partial charge in [0, 0.05) is 0 Å². The van der Waals surface area contributed by atoms with Gasteiger partial charge in [0.05, 0.1) is 0 Å². The van der Waals surface area contributed by atoms with Crippen LogP contribution in [0.3, 0.4) is 0 Å². The molecule has 5 rings (SSSR count). The third-order valence-corrected chi connectivity index (χ3v) is 12.2. The number of ether oxygens (including phenoxy) is 1. The Labute approximate surface area is 231 Å². The largest absolute Gasteiger partial charge is 0.507 e. The molecule has 1 N–H and O–H groups in total. The number of fused-ring (bicyclic) bond motifs is 4. The van der Waals surface area contributed by atoms with Crippen LogP contribution in [-0.4, -0.2) is 17.2 Å². The van der Waals surface area contributed by atoms with Gasteiger partial charge in [0.1, 0.15) is 17.4 Å². The van der Waals surface area contributed by atoms with Gasteiger partial charge in [-0.1, -0.05) is 62.6 Å². The van der Waals surface area contributed by atoms with E-state index in [1.54, 1.807) is 29.8 Å². The highest BCUT2D eigenvalue weighted by Crippen LogP contribution is 2.71. The summed E-state index contributed by atoms with van der Waals surface area (Å²) in [4.78, 5) is 12.9. The van der Waals surface area contributed by atoms with Crippen molar-refractivity contribution >= 4 is 5.97 Å². The average molecular weight is 519 g/mol. The maximum Gasteiger partial charge on any atom is 0.342 e. The summed E-state index contributed by atoms with van der Waals surface area (Å²) in [7, 11) is 0. The van der Waals surface area contributed by atoms with E-state index in [2.05, 4.69) is 47.6 Å². The molecule has 0 aliphatic heterocycles. The predicted molar refractivity (Wildman–Crippen MR) is 155 cm³/mol. The van der Waals surface area contributed by atoms with Crippen LogP contribution in [0.5, 0.6) is 5.75 Å². The first-order chi connectivity index (χ1) is 18.0. The van der Waals surface area contributed by atoms with Crippen molar-refractivity contribution in [1.82, 2.24) is 0 Å². The number of carbonyl (C=O) groups excluding carboxylic acids is 1. The summed E-state index contributed by atoms with van der Waals surface area (Å²) in [5.41, 5.74) is 6.32. The number of rotatable bonds is 6. The first kappa shape index (κ1) is 27.5. The van der Waals surface area contributed by atoms with Gasteiger partial charge in [-0.25, -0.2) is 4.79 Å². The van der Waals surface area contributed by atoms with Gasteiger partial charge in [0.2, 0.25) is 0 Å². The van der Waals surface area contributed by atoms with Crippen molar-refractivity contribution in [3.05, 3.63) is 52.6 Å². The molecule has 7 atom stereocenters. The van der Waals surface area contributed by atoms with E-state index in [1.807, 2.05) is 5.57 Å². The standard InChI is InChI=1S/C35H50O3/c1-23(2)11-7-8-12-25-17-21-35(6)29-16-15-27-24(3)31(38-32(37)26-13-9-10-14-30(26)36)19-20-33(27,4)28(29)18-22-34(25,35)5/h9-11,13-14,24-25,27,31,36H,7-8,12,15-22H2,1-6H3/t24?,25?,27?,31?,33?,34?,35-/m0/s1. The highest BCUT2D eigenvalue weighted by atomic mass is 16.5. The van der Waals surface area contributed by atoms with Gasteiger partial charge in [-0.3, -0.25) is 0 Å². The normalized spacial score (nSPS) is 38.2. The van der Waals surface area contributed by atoms with Crippen LogP contribution in [0.4, 0.5) is 0 Å². The van der Waals surface area contributed by atoms with Crippen LogP contribution in [0.1, 0.15) is 123 Å². The number of phenolic OH excluding ortho intramolecular Hbond substituents is 1. The molecular formula is C35H50O3. The molecule has 1 aromatic rings. The Hall–Kier alpha value is -2.03. The topological polar surface area (TPSA) is 46.5 Å². The minimum atomic E-state index is -0.387. The van der Waals surface area contributed by atoms with Gasteiger partial charge in [-0.2, -0.15) is 0 Å². The van der Waals surface area contributed by atoms with Crippen molar-refractivity contribution in [3.63, 3.8) is 0 Å². The lowest BCUT2D eigenvalue weighted by molar-refractivity contribution is -0.0545. The molecule has 1 aromatic carbocycles. The third kappa shape index (κ3) is 4.37. The Kier molecular flexibility index (Phi) is 7.37. The highest BCUT2D eigenvalue weighted by molar-refractivity contribution is 5.92. The molecule has 0 radical (unpaired) electrons. The summed E-state index contributed by atoms with van der Waals surface area (Å²) in [5.74, 6) is 1.34. The Balaban J connectivity index is 1.33. The lowest BCUT2D eigenvalue weighted by atomic mass is 9.45. The van der Waals surface area contributed by atoms with E-state index >= 15 is 0 Å². The number of para-hydroxylation sites is 1. The van der Waals surface area contributed by atoms with E-state index in [0.29, 0.717) is 22.7 Å². The van der Waals surface area contributed by atoms with Crippen molar-refractivity contribution in [1.29, 1.82) is 0 Å². The minimum absolute atomic E-state index is 0.00331. The number of aromatic hydroxyl groups is 1. The van der Waals surface area contributed by atoms with E-state index in [-0.39, 0.29) is 28.8 Å². The summed E-state index contributed by atoms with van der Waals surface area (Å²) < 4.78 is 6.06. The summed E-state index contributed by atoms with van der Waals surface area (Å²) in [6.45, 7) is 14.6. The fraction of sp³-hybridized carbons (Fsp3) is 0.686. The molecule has 0 heterocycles. The molecule has 3 nitrogen and oxygen atoms in total. The van der Waals surface area contributed by atoms with Gasteiger partial charge in [0.25, 0.3) is 0 Å². The Morgan fingerprint density at radius 1 is 1.03 bits per heavy atom. The number of carbonyl (C=O) groups is 1. The molecule has 4 aliphatic carbocycles. The van der Waals surface area contributed by atoms with E-state index in [4.69, 9.17) is 4.74 Å². The van der Waals surface area contributed by atoms with Crippen LogP contribution in [-0.2, 0) is 4.74 Å². The number of unbranched alkanes of at least 4 members (excludes halogenated alkanes) is 1. The second-order valence-electron chi connectivity index (χ2n) is 14.1. The number of phenols is 1. The van der Waals surface area contributed by atoms with Crippen LogP contribution >= 0.6 is 0 Å². The predicted octanol–water partition coefficient (Wildman–Crippen LogP) is 9.41. The van der Waals surface area contributed by atoms with E-state index < -0.39 is 0 Å². The SMILES string of the molecule is CC(C)=CCCCC1CC[C@@]2(C)C3=C(CCC12C)C1(C)CCC(OC(=O)c2ccccc2O)C(C)C1CC3. The molecule has 0 bridgehead atoms. The van der Waals surface area contributed by atoms with Crippen molar-refractivity contribution in [2.24, 2.45) is 34.0 Å². The molecule has 0 aromatic heterocycles. The molecule has 208 valence electrons. The first-order valence-electron chi connectivity index (χ1n) is 15.4. The number of allylic oxidation sites excluding steroid dienone is 4. The first-order valence-corrected chi connectivity index (χ1v) is 15.4. The maximum absolute atomic E-state index is 12.9. The zero-order valence-corrected chi connectivity index (χ0v) is 24.7. The number of benzene rings is 1. The fourth-order valence-corrected chi connectivity index (χ4v) is 9.64. The maximum atomic E-state index is 12.9. The van der Waals surface area contributed by atoms with Crippen molar-refractivity contribution in [3.8, 4) is 5.75 Å². The summed E-state index contributed by atoms with van der Waals surface area (Å²) in [6.07, 6.45) is 16.0. The fourth-order valence-electron chi connectivity index (χ4n) is 9.64. The molecule has 2 saturated carbocycles. The highest BCUT2D eigenvalue weighted by Gasteiger charge is 2.61. The Morgan fingerprint density at radius 3 is 2.53 bits per heavy atom. The van der Waals surface area contributed by atoms with Crippen LogP contribution in [0.15, 0.2) is 47.1 Å². The molecule has 0 amide bonds. The Morgan fingerprint density at radius 2 is 1.79 bits per heavy atom. The van der Waals surface area contributed by atoms with E-state index in [0.717, 1.165) is 18.8 Å². The lowest BCUT2D eigenvalue weighted by Gasteiger charge is -2.59. The molecule has 6 unspecified atom stereocenters. The Bertz CT molecular complexity index is 1130. The van der Waals surface area contributed by atoms with Gasteiger partial charge in [-0.15, -0.1) is 0 Å². The average Bonchev–Trinajstić information content (AvgIpc) is 3.14. The minimum Gasteiger partial charge on any atom is -0.507 e. The second kappa shape index (κ2) is 10.2. The monoisotopic (exact) mass is 518 g/mol. The summed E-state index contributed by atoms with van der Waals surface area (Å²) in [5, 5.41) is 10.1. The van der Waals surface area contributed by atoms with Crippen LogP contribution in [0.2, 0.25) is 0 Å². The quantitative estimate of drug-likeness (QED) is 0.232. The second-order valence-corrected chi connectivity index (χ2v) is 14.1. The van der Waals surface area contributed by atoms with Crippen molar-refractivity contribution in [2.75, 3.05) is 0 Å². The van der Waals surface area contributed by atoms with E-state index in [1.165, 1.54) is 63.4 Å². The molecule has 2 fully saturated rings. The third-order valence-electron chi connectivity index (χ3n) is 12.2. The number of esters is 1. The van der Waals surface area contributed by atoms with Gasteiger partial charge >= 0.3 is 5.97 Å².